The molecule has 0 bridgehead atoms. The average molecular weight is 306 g/mol. The third-order valence-electron chi connectivity index (χ3n) is 3.14. The van der Waals surface area contributed by atoms with E-state index in [1.807, 2.05) is 18.2 Å². The van der Waals surface area contributed by atoms with Gasteiger partial charge in [-0.05, 0) is 6.92 Å². The number of imide groups is 1. The van der Waals surface area contributed by atoms with Crippen molar-refractivity contribution in [3.8, 4) is 0 Å². The highest BCUT2D eigenvalue weighted by Gasteiger charge is 2.35. The van der Waals surface area contributed by atoms with Gasteiger partial charge in [0.1, 0.15) is 13.2 Å². The summed E-state index contributed by atoms with van der Waals surface area (Å²) in [5, 5.41) is 2.49. The number of carbonyl (C=O) groups is 3. The first kappa shape index (κ1) is 16.0. The van der Waals surface area contributed by atoms with E-state index in [-0.39, 0.29) is 32.2 Å². The molecule has 3 amide bonds. The molecule has 2 aliphatic heterocycles. The van der Waals surface area contributed by atoms with Crippen LogP contribution >= 0.6 is 0 Å². The summed E-state index contributed by atoms with van der Waals surface area (Å²) in [6.45, 7) is 2.48. The fraction of sp³-hybridized carbons (Fsp3) is 0.400. The van der Waals surface area contributed by atoms with Gasteiger partial charge in [0.25, 0.3) is 5.91 Å². The Kier molecular flexibility index (Phi) is 5.48. The van der Waals surface area contributed by atoms with E-state index in [2.05, 4.69) is 29.1 Å². The molecule has 1 aromatic rings. The fourth-order valence-corrected chi connectivity index (χ4v) is 1.95. The van der Waals surface area contributed by atoms with Crippen LogP contribution in [-0.4, -0.2) is 55.2 Å². The molecule has 0 radical (unpaired) electrons. The Morgan fingerprint density at radius 1 is 1.27 bits per heavy atom. The Balaban J connectivity index is 0.000000211. The first-order valence-corrected chi connectivity index (χ1v) is 6.96. The van der Waals surface area contributed by atoms with Crippen LogP contribution in [0.3, 0.4) is 0 Å². The van der Waals surface area contributed by atoms with Crippen LogP contribution < -0.4 is 5.32 Å². The second kappa shape index (κ2) is 7.56. The SMILES string of the molecule is Cc1ccccc1.O=C1COC(C(=O)N2CCOC2=O)CN1. The van der Waals surface area contributed by atoms with E-state index in [0.717, 1.165) is 4.90 Å². The van der Waals surface area contributed by atoms with Crippen LogP contribution in [0, 0.1) is 6.92 Å². The Labute approximate surface area is 128 Å². The maximum atomic E-state index is 11.7. The summed E-state index contributed by atoms with van der Waals surface area (Å²) in [5.41, 5.74) is 1.32. The van der Waals surface area contributed by atoms with Crippen molar-refractivity contribution in [3.63, 3.8) is 0 Å². The van der Waals surface area contributed by atoms with Crippen molar-refractivity contribution in [1.29, 1.82) is 0 Å². The van der Waals surface area contributed by atoms with Crippen molar-refractivity contribution in [3.05, 3.63) is 35.9 Å². The summed E-state index contributed by atoms with van der Waals surface area (Å²) in [6, 6.07) is 10.3. The summed E-state index contributed by atoms with van der Waals surface area (Å²) in [5.74, 6) is -0.722. The van der Waals surface area contributed by atoms with Crippen molar-refractivity contribution < 1.29 is 23.9 Å². The molecule has 2 saturated heterocycles. The average Bonchev–Trinajstić information content (AvgIpc) is 2.95. The van der Waals surface area contributed by atoms with Gasteiger partial charge in [-0.2, -0.15) is 0 Å². The van der Waals surface area contributed by atoms with Gasteiger partial charge in [-0.15, -0.1) is 0 Å². The number of amides is 3. The van der Waals surface area contributed by atoms with Crippen LogP contribution in [-0.2, 0) is 19.1 Å². The molecule has 0 aliphatic carbocycles. The van der Waals surface area contributed by atoms with Crippen LogP contribution in [0.5, 0.6) is 0 Å². The van der Waals surface area contributed by atoms with E-state index in [1.54, 1.807) is 0 Å². The summed E-state index contributed by atoms with van der Waals surface area (Å²) in [6.07, 6.45) is -1.44. The molecule has 22 heavy (non-hydrogen) atoms. The van der Waals surface area contributed by atoms with E-state index < -0.39 is 18.1 Å². The number of nitrogens with zero attached hydrogens (tertiary/aromatic N) is 1. The topological polar surface area (TPSA) is 84.9 Å². The van der Waals surface area contributed by atoms with Crippen molar-refractivity contribution in [2.45, 2.75) is 13.0 Å². The maximum absolute atomic E-state index is 11.7. The van der Waals surface area contributed by atoms with Crippen molar-refractivity contribution in [2.24, 2.45) is 0 Å². The zero-order valence-corrected chi connectivity index (χ0v) is 12.3. The monoisotopic (exact) mass is 306 g/mol. The second-order valence-corrected chi connectivity index (χ2v) is 4.86. The number of aryl methyl sites for hydroxylation is 1. The zero-order chi connectivity index (χ0) is 15.9. The molecule has 118 valence electrons. The third kappa shape index (κ3) is 4.29. The summed E-state index contributed by atoms with van der Waals surface area (Å²) in [7, 11) is 0. The highest BCUT2D eigenvalue weighted by atomic mass is 16.6. The van der Waals surface area contributed by atoms with Crippen LogP contribution in [0.2, 0.25) is 0 Å². The molecular formula is C15H18N2O5. The number of cyclic esters (lactones) is 1. The lowest BCUT2D eigenvalue weighted by Crippen LogP contribution is -2.51. The van der Waals surface area contributed by atoms with Crippen LogP contribution in [0.1, 0.15) is 5.56 Å². The van der Waals surface area contributed by atoms with E-state index in [0.29, 0.717) is 0 Å². The van der Waals surface area contributed by atoms with E-state index in [1.165, 1.54) is 5.56 Å². The number of morpholine rings is 1. The van der Waals surface area contributed by atoms with E-state index in [9.17, 15) is 14.4 Å². The minimum Gasteiger partial charge on any atom is -0.447 e. The van der Waals surface area contributed by atoms with Crippen molar-refractivity contribution >= 4 is 17.9 Å². The predicted molar refractivity (Wildman–Crippen MR) is 77.0 cm³/mol. The lowest BCUT2D eigenvalue weighted by atomic mass is 10.2. The number of ether oxygens (including phenoxy) is 2. The Bertz CT molecular complexity index is 536. The lowest BCUT2D eigenvalue weighted by molar-refractivity contribution is -0.147. The molecule has 3 rings (SSSR count). The summed E-state index contributed by atoms with van der Waals surface area (Å²) >= 11 is 0. The molecule has 1 aromatic carbocycles. The third-order valence-corrected chi connectivity index (χ3v) is 3.14. The van der Waals surface area contributed by atoms with Gasteiger partial charge >= 0.3 is 6.09 Å². The number of carbonyl (C=O) groups excluding carboxylic acids is 3. The Morgan fingerprint density at radius 3 is 2.45 bits per heavy atom. The number of benzene rings is 1. The summed E-state index contributed by atoms with van der Waals surface area (Å²) < 4.78 is 9.62. The lowest BCUT2D eigenvalue weighted by Gasteiger charge is -2.24. The van der Waals surface area contributed by atoms with Gasteiger partial charge in [-0.1, -0.05) is 35.9 Å². The Morgan fingerprint density at radius 2 is 2.00 bits per heavy atom. The number of hydrogen-bond acceptors (Lipinski definition) is 5. The fourth-order valence-electron chi connectivity index (χ4n) is 1.95. The molecule has 2 fully saturated rings. The molecule has 0 saturated carbocycles. The smallest absolute Gasteiger partial charge is 0.416 e. The second-order valence-electron chi connectivity index (χ2n) is 4.86. The van der Waals surface area contributed by atoms with Crippen molar-refractivity contribution in [1.82, 2.24) is 10.2 Å². The molecule has 1 atom stereocenters. The highest BCUT2D eigenvalue weighted by Crippen LogP contribution is 2.09. The summed E-state index contributed by atoms with van der Waals surface area (Å²) in [4.78, 5) is 34.5. The minimum absolute atomic E-state index is 0.0987. The maximum Gasteiger partial charge on any atom is 0.416 e. The van der Waals surface area contributed by atoms with Crippen LogP contribution in [0.4, 0.5) is 4.79 Å². The molecule has 7 nitrogen and oxygen atoms in total. The molecule has 1 N–H and O–H groups in total. The van der Waals surface area contributed by atoms with Gasteiger partial charge in [0, 0.05) is 0 Å². The Hall–Kier alpha value is -2.41. The normalized spacial score (nSPS) is 20.6. The van der Waals surface area contributed by atoms with Crippen LogP contribution in [0.25, 0.3) is 0 Å². The number of nitrogens with one attached hydrogen (secondary N) is 1. The highest BCUT2D eigenvalue weighted by molar-refractivity contribution is 5.96. The van der Waals surface area contributed by atoms with Gasteiger partial charge in [-0.3, -0.25) is 9.59 Å². The van der Waals surface area contributed by atoms with Gasteiger partial charge < -0.3 is 14.8 Å². The minimum atomic E-state index is -0.784. The van der Waals surface area contributed by atoms with E-state index in [4.69, 9.17) is 4.74 Å². The molecule has 7 heteroatoms. The first-order valence-electron chi connectivity index (χ1n) is 6.96. The van der Waals surface area contributed by atoms with Gasteiger partial charge in [0.15, 0.2) is 6.10 Å². The van der Waals surface area contributed by atoms with Crippen LogP contribution in [0.15, 0.2) is 30.3 Å². The van der Waals surface area contributed by atoms with Gasteiger partial charge in [-0.25, -0.2) is 9.69 Å². The zero-order valence-electron chi connectivity index (χ0n) is 12.3. The van der Waals surface area contributed by atoms with Gasteiger partial charge in [0.05, 0.1) is 13.1 Å². The van der Waals surface area contributed by atoms with Crippen molar-refractivity contribution in [2.75, 3.05) is 26.3 Å². The molecule has 1 unspecified atom stereocenters. The standard InChI is InChI=1S/C8H10N2O5.C7H8/c11-6-4-15-5(3-9-6)7(12)10-1-2-14-8(10)13;1-7-5-3-2-4-6-7/h5H,1-4H2,(H,9,11);2-6H,1H3. The molecule has 0 spiro atoms. The molecular weight excluding hydrogens is 288 g/mol. The molecule has 0 aromatic heterocycles. The largest absolute Gasteiger partial charge is 0.447 e. The molecule has 2 heterocycles. The van der Waals surface area contributed by atoms with E-state index >= 15 is 0 Å². The molecule has 2 aliphatic rings. The van der Waals surface area contributed by atoms with Gasteiger partial charge in [0.2, 0.25) is 5.91 Å². The predicted octanol–water partition coefficient (Wildman–Crippen LogP) is 0.475. The first-order chi connectivity index (χ1) is 10.6. The number of rotatable bonds is 1. The number of hydrogen-bond donors (Lipinski definition) is 1. The quantitative estimate of drug-likeness (QED) is 0.815.